The van der Waals surface area contributed by atoms with Crippen molar-refractivity contribution in [2.24, 2.45) is 0 Å². The van der Waals surface area contributed by atoms with Crippen LogP contribution >= 0.6 is 0 Å². The summed E-state index contributed by atoms with van der Waals surface area (Å²) >= 11 is 0. The highest BCUT2D eigenvalue weighted by Crippen LogP contribution is 2.28. The fourth-order valence-corrected chi connectivity index (χ4v) is 2.78. The average molecular weight is 273 g/mol. The summed E-state index contributed by atoms with van der Waals surface area (Å²) in [5, 5.41) is 3.00. The zero-order valence-electron chi connectivity index (χ0n) is 9.51. The minimum Gasteiger partial charge on any atom is -0.381 e. The van der Waals surface area contributed by atoms with E-state index < -0.39 is 15.6 Å². The molecule has 1 aromatic carbocycles. The van der Waals surface area contributed by atoms with E-state index in [4.69, 9.17) is 0 Å². The van der Waals surface area contributed by atoms with Gasteiger partial charge in [0.25, 0.3) is 0 Å². The van der Waals surface area contributed by atoms with Crippen molar-refractivity contribution in [2.75, 3.05) is 5.32 Å². The van der Waals surface area contributed by atoms with E-state index in [0.717, 1.165) is 12.8 Å². The summed E-state index contributed by atoms with van der Waals surface area (Å²) in [5.41, 5.74) is 0.242. The van der Waals surface area contributed by atoms with E-state index in [-0.39, 0.29) is 16.6 Å². The number of hydrogen-bond donors (Lipinski definition) is 1. The van der Waals surface area contributed by atoms with Gasteiger partial charge in [0, 0.05) is 6.04 Å². The first-order chi connectivity index (χ1) is 8.51. The van der Waals surface area contributed by atoms with Crippen LogP contribution in [0, 0.1) is 0 Å². The number of benzene rings is 1. The van der Waals surface area contributed by atoms with Crippen LogP contribution in [0.3, 0.4) is 0 Å². The molecule has 2 rings (SSSR count). The molecule has 18 heavy (non-hydrogen) atoms. The number of halogens is 2. The van der Waals surface area contributed by atoms with Gasteiger partial charge in [0.05, 0.1) is 10.6 Å². The number of nitrogens with one attached hydrogen (secondary N) is 1. The van der Waals surface area contributed by atoms with Crippen molar-refractivity contribution in [2.45, 2.75) is 29.5 Å². The van der Waals surface area contributed by atoms with Crippen LogP contribution in [-0.2, 0) is 9.84 Å². The molecule has 1 N–H and O–H groups in total. The Kier molecular flexibility index (Phi) is 3.65. The fraction of sp³-hybridized carbons (Fsp3) is 0.333. The normalized spacial score (nSPS) is 16.4. The third-order valence-electron chi connectivity index (χ3n) is 2.80. The van der Waals surface area contributed by atoms with Crippen LogP contribution in [-0.4, -0.2) is 20.2 Å². The molecule has 0 unspecified atom stereocenters. The molecule has 0 atom stereocenters. The highest BCUT2D eigenvalue weighted by molar-refractivity contribution is 7.91. The summed E-state index contributed by atoms with van der Waals surface area (Å²) in [7, 11) is -4.57. The molecule has 0 aliphatic heterocycles. The number of alkyl halides is 2. The molecule has 0 heterocycles. The van der Waals surface area contributed by atoms with E-state index >= 15 is 0 Å². The monoisotopic (exact) mass is 273 g/mol. The van der Waals surface area contributed by atoms with Crippen LogP contribution in [0.25, 0.3) is 0 Å². The Morgan fingerprint density at radius 2 is 1.78 bits per heavy atom. The molecule has 1 aromatic rings. The van der Waals surface area contributed by atoms with Crippen molar-refractivity contribution in [3.63, 3.8) is 0 Å². The standard InChI is InChI=1S/C12H13F2NO2S/c13-12(14)18(16,17)11-8-4-3-7-10(11)15-9-5-1-2-6-9/h1-4,7-9,12,15H,5-6H2. The van der Waals surface area contributed by atoms with Gasteiger partial charge in [-0.1, -0.05) is 24.3 Å². The molecular weight excluding hydrogens is 260 g/mol. The summed E-state index contributed by atoms with van der Waals surface area (Å²) in [6.07, 6.45) is 5.48. The molecule has 0 amide bonds. The molecule has 6 heteroatoms. The average Bonchev–Trinajstić information content (AvgIpc) is 2.82. The summed E-state index contributed by atoms with van der Waals surface area (Å²) in [4.78, 5) is -0.341. The Bertz CT molecular complexity index is 547. The van der Waals surface area contributed by atoms with Gasteiger partial charge in [-0.05, 0) is 25.0 Å². The van der Waals surface area contributed by atoms with Gasteiger partial charge >= 0.3 is 5.76 Å². The van der Waals surface area contributed by atoms with Gasteiger partial charge in [-0.25, -0.2) is 8.42 Å². The van der Waals surface area contributed by atoms with E-state index in [0.29, 0.717) is 0 Å². The summed E-state index contributed by atoms with van der Waals surface area (Å²) in [6, 6.07) is 5.83. The number of para-hydroxylation sites is 1. The third-order valence-corrected chi connectivity index (χ3v) is 4.23. The zero-order chi connectivity index (χ0) is 13.2. The molecule has 98 valence electrons. The van der Waals surface area contributed by atoms with Crippen LogP contribution in [0.5, 0.6) is 0 Å². The Morgan fingerprint density at radius 3 is 2.39 bits per heavy atom. The molecule has 0 saturated carbocycles. The Balaban J connectivity index is 2.31. The van der Waals surface area contributed by atoms with Crippen molar-refractivity contribution < 1.29 is 17.2 Å². The molecule has 1 aliphatic rings. The predicted molar refractivity (Wildman–Crippen MR) is 65.4 cm³/mol. The van der Waals surface area contributed by atoms with Gasteiger partial charge < -0.3 is 5.32 Å². The van der Waals surface area contributed by atoms with E-state index in [1.807, 2.05) is 12.2 Å². The van der Waals surface area contributed by atoms with Crippen molar-refractivity contribution in [3.05, 3.63) is 36.4 Å². The SMILES string of the molecule is O=S(=O)(c1ccccc1NC1CC=CC1)C(F)F. The van der Waals surface area contributed by atoms with E-state index in [1.165, 1.54) is 18.2 Å². The minimum atomic E-state index is -4.57. The fourth-order valence-electron chi connectivity index (χ4n) is 1.88. The van der Waals surface area contributed by atoms with Crippen LogP contribution in [0.4, 0.5) is 14.5 Å². The lowest BCUT2D eigenvalue weighted by atomic mass is 10.2. The van der Waals surface area contributed by atoms with Crippen molar-refractivity contribution >= 4 is 15.5 Å². The maximum atomic E-state index is 12.6. The van der Waals surface area contributed by atoms with E-state index in [1.54, 1.807) is 6.07 Å². The highest BCUT2D eigenvalue weighted by atomic mass is 32.2. The number of anilines is 1. The number of sulfone groups is 1. The molecule has 0 bridgehead atoms. The van der Waals surface area contributed by atoms with Gasteiger partial charge in [-0.15, -0.1) is 0 Å². The van der Waals surface area contributed by atoms with Gasteiger partial charge in [-0.3, -0.25) is 0 Å². The number of rotatable bonds is 4. The van der Waals surface area contributed by atoms with Crippen LogP contribution < -0.4 is 5.32 Å². The van der Waals surface area contributed by atoms with Gasteiger partial charge in [0.1, 0.15) is 0 Å². The summed E-state index contributed by atoms with van der Waals surface area (Å²) in [5.74, 6) is -3.40. The molecule has 0 radical (unpaired) electrons. The van der Waals surface area contributed by atoms with Gasteiger partial charge in [0.2, 0.25) is 9.84 Å². The Hall–Kier alpha value is -1.43. The Labute approximate surface area is 104 Å². The minimum absolute atomic E-state index is 0.0685. The second kappa shape index (κ2) is 5.06. The lowest BCUT2D eigenvalue weighted by Crippen LogP contribution is -2.19. The second-order valence-corrected chi connectivity index (χ2v) is 5.97. The Morgan fingerprint density at radius 1 is 1.17 bits per heavy atom. The maximum Gasteiger partial charge on any atom is 0.341 e. The first-order valence-corrected chi connectivity index (χ1v) is 7.09. The van der Waals surface area contributed by atoms with Crippen molar-refractivity contribution in [1.29, 1.82) is 0 Å². The third kappa shape index (κ3) is 2.53. The zero-order valence-corrected chi connectivity index (χ0v) is 10.3. The predicted octanol–water partition coefficient (Wildman–Crippen LogP) is 2.81. The summed E-state index contributed by atoms with van der Waals surface area (Å²) < 4.78 is 48.2. The van der Waals surface area contributed by atoms with Crippen molar-refractivity contribution in [1.82, 2.24) is 0 Å². The molecule has 3 nitrogen and oxygen atoms in total. The number of hydrogen-bond acceptors (Lipinski definition) is 3. The highest BCUT2D eigenvalue weighted by Gasteiger charge is 2.29. The smallest absolute Gasteiger partial charge is 0.341 e. The first kappa shape index (κ1) is 13.0. The maximum absolute atomic E-state index is 12.6. The lowest BCUT2D eigenvalue weighted by molar-refractivity contribution is 0.235. The molecule has 0 fully saturated rings. The largest absolute Gasteiger partial charge is 0.381 e. The summed E-state index contributed by atoms with van der Waals surface area (Å²) in [6.45, 7) is 0. The van der Waals surface area contributed by atoms with Gasteiger partial charge in [-0.2, -0.15) is 8.78 Å². The van der Waals surface area contributed by atoms with E-state index in [9.17, 15) is 17.2 Å². The van der Waals surface area contributed by atoms with Crippen LogP contribution in [0.15, 0.2) is 41.3 Å². The van der Waals surface area contributed by atoms with E-state index in [2.05, 4.69) is 5.32 Å². The molecule has 1 aliphatic carbocycles. The molecule has 0 saturated heterocycles. The second-order valence-electron chi connectivity index (χ2n) is 4.09. The molecule has 0 aromatic heterocycles. The topological polar surface area (TPSA) is 46.2 Å². The quantitative estimate of drug-likeness (QED) is 0.858. The van der Waals surface area contributed by atoms with Crippen molar-refractivity contribution in [3.8, 4) is 0 Å². The molecule has 0 spiro atoms. The van der Waals surface area contributed by atoms with Crippen LogP contribution in [0.2, 0.25) is 0 Å². The molecular formula is C12H13F2NO2S. The van der Waals surface area contributed by atoms with Gasteiger partial charge in [0.15, 0.2) is 0 Å². The van der Waals surface area contributed by atoms with Crippen LogP contribution in [0.1, 0.15) is 12.8 Å². The lowest BCUT2D eigenvalue weighted by Gasteiger charge is -2.16. The first-order valence-electron chi connectivity index (χ1n) is 5.54.